The Morgan fingerprint density at radius 1 is 1.06 bits per heavy atom. The molecule has 1 N–H and O–H groups in total. The van der Waals surface area contributed by atoms with Gasteiger partial charge < -0.3 is 5.11 Å². The third-order valence-corrected chi connectivity index (χ3v) is 2.02. The van der Waals surface area contributed by atoms with Gasteiger partial charge in [-0.25, -0.2) is 13.2 Å². The monoisotopic (exact) mass is 272 g/mol. The summed E-state index contributed by atoms with van der Waals surface area (Å²) >= 11 is 0. The average molecular weight is 272 g/mol. The second-order valence-electron chi connectivity index (χ2n) is 3.50. The molecule has 0 aliphatic rings. The number of carbonyl (C=O) groups is 1. The van der Waals surface area contributed by atoms with E-state index in [-0.39, 0.29) is 18.2 Å². The Morgan fingerprint density at radius 2 is 1.56 bits per heavy atom. The minimum absolute atomic E-state index is 0.0337. The summed E-state index contributed by atoms with van der Waals surface area (Å²) in [6, 6.07) is 0.268. The molecule has 0 heterocycles. The quantitative estimate of drug-likeness (QED) is 0.856. The highest BCUT2D eigenvalue weighted by molar-refractivity contribution is 5.68. The number of alkyl halides is 5. The van der Waals surface area contributed by atoms with E-state index in [0.717, 1.165) is 0 Å². The number of aliphatic carboxylic acids is 1. The lowest BCUT2D eigenvalue weighted by Crippen LogP contribution is -2.20. The Morgan fingerprint density at radius 3 is 2.00 bits per heavy atom. The Balaban J connectivity index is 3.25. The Labute approximate surface area is 96.8 Å². The van der Waals surface area contributed by atoms with Gasteiger partial charge in [-0.2, -0.15) is 13.2 Å². The standard InChI is InChI=1S/C10H6F6O2/c11-7-2-5(9(12,13)4-8(17)18)1-6(3-7)10(14,15)16/h1-3H,4H2,(H,17,18). The normalized spacial score (nSPS) is 12.6. The highest BCUT2D eigenvalue weighted by Crippen LogP contribution is 2.36. The van der Waals surface area contributed by atoms with Crippen molar-refractivity contribution in [2.45, 2.75) is 18.5 Å². The fourth-order valence-electron chi connectivity index (χ4n) is 1.26. The molecule has 100 valence electrons. The number of halogens is 6. The summed E-state index contributed by atoms with van der Waals surface area (Å²) < 4.78 is 76.1. The fourth-order valence-corrected chi connectivity index (χ4v) is 1.26. The van der Waals surface area contributed by atoms with Crippen LogP contribution >= 0.6 is 0 Å². The summed E-state index contributed by atoms with van der Waals surface area (Å²) in [6.07, 6.45) is -6.70. The van der Waals surface area contributed by atoms with E-state index in [9.17, 15) is 31.1 Å². The SMILES string of the molecule is O=C(O)CC(F)(F)c1cc(F)cc(C(F)(F)F)c1. The number of hydrogen-bond donors (Lipinski definition) is 1. The number of benzene rings is 1. The van der Waals surface area contributed by atoms with Crippen molar-refractivity contribution in [1.29, 1.82) is 0 Å². The molecule has 0 atom stereocenters. The van der Waals surface area contributed by atoms with E-state index in [1.54, 1.807) is 0 Å². The molecule has 0 fully saturated rings. The molecule has 0 aromatic heterocycles. The molecule has 8 heteroatoms. The Bertz CT molecular complexity index is 466. The molecule has 0 saturated heterocycles. The molecule has 1 aromatic carbocycles. The van der Waals surface area contributed by atoms with Gasteiger partial charge in [-0.05, 0) is 18.2 Å². The maximum absolute atomic E-state index is 13.2. The van der Waals surface area contributed by atoms with Crippen molar-refractivity contribution in [2.24, 2.45) is 0 Å². The number of rotatable bonds is 3. The molecular weight excluding hydrogens is 266 g/mol. The highest BCUT2D eigenvalue weighted by Gasteiger charge is 2.38. The first-order valence-corrected chi connectivity index (χ1v) is 4.50. The van der Waals surface area contributed by atoms with E-state index in [1.807, 2.05) is 0 Å². The van der Waals surface area contributed by atoms with Crippen LogP contribution in [0.2, 0.25) is 0 Å². The molecule has 1 aromatic rings. The van der Waals surface area contributed by atoms with Crippen molar-refractivity contribution >= 4 is 5.97 Å². The van der Waals surface area contributed by atoms with E-state index < -0.39 is 41.4 Å². The smallest absolute Gasteiger partial charge is 0.416 e. The molecule has 18 heavy (non-hydrogen) atoms. The van der Waals surface area contributed by atoms with Crippen LogP contribution < -0.4 is 0 Å². The second kappa shape index (κ2) is 4.51. The number of carboxylic acid groups (broad SMARTS) is 1. The number of hydrogen-bond acceptors (Lipinski definition) is 1. The Hall–Kier alpha value is -1.73. The zero-order valence-corrected chi connectivity index (χ0v) is 8.56. The summed E-state index contributed by atoms with van der Waals surface area (Å²) in [5.41, 5.74) is -2.92. The van der Waals surface area contributed by atoms with Crippen LogP contribution in [-0.4, -0.2) is 11.1 Å². The molecule has 2 nitrogen and oxygen atoms in total. The van der Waals surface area contributed by atoms with Gasteiger partial charge in [-0.15, -0.1) is 0 Å². The minimum atomic E-state index is -4.99. The molecule has 0 unspecified atom stereocenters. The fraction of sp³-hybridized carbons (Fsp3) is 0.300. The molecule has 0 amide bonds. The first kappa shape index (κ1) is 14.3. The van der Waals surface area contributed by atoms with Crippen molar-refractivity contribution in [3.05, 3.63) is 35.1 Å². The van der Waals surface area contributed by atoms with Gasteiger partial charge in [0.1, 0.15) is 12.2 Å². The predicted molar refractivity (Wildman–Crippen MR) is 47.5 cm³/mol. The van der Waals surface area contributed by atoms with Crippen LogP contribution in [0.25, 0.3) is 0 Å². The molecular formula is C10H6F6O2. The lowest BCUT2D eigenvalue weighted by Gasteiger charge is -2.16. The van der Waals surface area contributed by atoms with Gasteiger partial charge in [0.2, 0.25) is 0 Å². The molecule has 0 bridgehead atoms. The van der Waals surface area contributed by atoms with Gasteiger partial charge in [-0.3, -0.25) is 4.79 Å². The molecule has 0 spiro atoms. The second-order valence-corrected chi connectivity index (χ2v) is 3.50. The average Bonchev–Trinajstić information content (AvgIpc) is 2.13. The van der Waals surface area contributed by atoms with Crippen LogP contribution in [0.3, 0.4) is 0 Å². The van der Waals surface area contributed by atoms with Gasteiger partial charge >= 0.3 is 12.1 Å². The lowest BCUT2D eigenvalue weighted by atomic mass is 10.0. The summed E-state index contributed by atoms with van der Waals surface area (Å²) in [5.74, 6) is -7.49. The van der Waals surface area contributed by atoms with Crippen molar-refractivity contribution in [1.82, 2.24) is 0 Å². The van der Waals surface area contributed by atoms with E-state index in [2.05, 4.69) is 0 Å². The van der Waals surface area contributed by atoms with Crippen molar-refractivity contribution in [3.63, 3.8) is 0 Å². The summed E-state index contributed by atoms with van der Waals surface area (Å²) in [7, 11) is 0. The Kier molecular flexibility index (Phi) is 3.59. The van der Waals surface area contributed by atoms with Crippen molar-refractivity contribution < 1.29 is 36.2 Å². The highest BCUT2D eigenvalue weighted by atomic mass is 19.4. The van der Waals surface area contributed by atoms with E-state index in [4.69, 9.17) is 5.11 Å². The largest absolute Gasteiger partial charge is 0.481 e. The van der Waals surface area contributed by atoms with Gasteiger partial charge in [-0.1, -0.05) is 0 Å². The van der Waals surface area contributed by atoms with E-state index >= 15 is 0 Å². The summed E-state index contributed by atoms with van der Waals surface area (Å²) in [5, 5.41) is 8.21. The third kappa shape index (κ3) is 3.38. The first-order valence-electron chi connectivity index (χ1n) is 4.50. The summed E-state index contributed by atoms with van der Waals surface area (Å²) in [4.78, 5) is 10.2. The summed E-state index contributed by atoms with van der Waals surface area (Å²) in [6.45, 7) is 0. The maximum Gasteiger partial charge on any atom is 0.416 e. The first-order chi connectivity index (χ1) is 8.02. The predicted octanol–water partition coefficient (Wildman–Crippen LogP) is 3.41. The van der Waals surface area contributed by atoms with Crippen LogP contribution in [0.15, 0.2) is 18.2 Å². The maximum atomic E-state index is 13.2. The van der Waals surface area contributed by atoms with Crippen molar-refractivity contribution in [2.75, 3.05) is 0 Å². The molecule has 0 radical (unpaired) electrons. The minimum Gasteiger partial charge on any atom is -0.481 e. The number of carboxylic acids is 1. The van der Waals surface area contributed by atoms with Gasteiger partial charge in [0.25, 0.3) is 5.92 Å². The third-order valence-electron chi connectivity index (χ3n) is 2.02. The van der Waals surface area contributed by atoms with Crippen LogP contribution in [0, 0.1) is 5.82 Å². The molecule has 0 saturated carbocycles. The zero-order valence-electron chi connectivity index (χ0n) is 8.56. The molecule has 0 aliphatic carbocycles. The van der Waals surface area contributed by atoms with Crippen LogP contribution in [0.4, 0.5) is 26.3 Å². The van der Waals surface area contributed by atoms with Crippen LogP contribution in [0.1, 0.15) is 17.5 Å². The van der Waals surface area contributed by atoms with Crippen LogP contribution in [-0.2, 0) is 16.9 Å². The van der Waals surface area contributed by atoms with Gasteiger partial charge in [0.15, 0.2) is 0 Å². The van der Waals surface area contributed by atoms with Gasteiger partial charge in [0, 0.05) is 5.56 Å². The molecule has 1 rings (SSSR count). The van der Waals surface area contributed by atoms with Gasteiger partial charge in [0.05, 0.1) is 5.56 Å². The van der Waals surface area contributed by atoms with E-state index in [1.165, 1.54) is 0 Å². The van der Waals surface area contributed by atoms with Crippen molar-refractivity contribution in [3.8, 4) is 0 Å². The topological polar surface area (TPSA) is 37.3 Å². The van der Waals surface area contributed by atoms with Crippen LogP contribution in [0.5, 0.6) is 0 Å². The lowest BCUT2D eigenvalue weighted by molar-refractivity contribution is -0.145. The molecule has 0 aliphatic heterocycles. The van der Waals surface area contributed by atoms with E-state index in [0.29, 0.717) is 0 Å². The zero-order chi connectivity index (χ0) is 14.1.